The average molecular weight is 248 g/mol. The molecule has 100 valence electrons. The lowest BCUT2D eigenvalue weighted by molar-refractivity contribution is 0.386. The summed E-state index contributed by atoms with van der Waals surface area (Å²) in [6.07, 6.45) is 2.15. The standard InChI is InChI=1S/C15H24N2O/c1-10(2)11-5-6-13(18-4)12(9-11)14(17-3)15(16)7-8-15/h5-6,9-10,14,17H,7-8,16H2,1-4H3. The number of nitrogens with one attached hydrogen (secondary N) is 1. The summed E-state index contributed by atoms with van der Waals surface area (Å²) in [6.45, 7) is 4.41. The quantitative estimate of drug-likeness (QED) is 0.842. The number of benzene rings is 1. The van der Waals surface area contributed by atoms with E-state index in [4.69, 9.17) is 10.5 Å². The average Bonchev–Trinajstić information content (AvgIpc) is 3.08. The molecule has 1 aromatic rings. The highest BCUT2D eigenvalue weighted by atomic mass is 16.5. The van der Waals surface area contributed by atoms with Crippen LogP contribution >= 0.6 is 0 Å². The van der Waals surface area contributed by atoms with E-state index in [0.29, 0.717) is 5.92 Å². The second-order valence-corrected chi connectivity index (χ2v) is 5.61. The van der Waals surface area contributed by atoms with Gasteiger partial charge in [-0.25, -0.2) is 0 Å². The Morgan fingerprint density at radius 3 is 2.44 bits per heavy atom. The molecule has 3 N–H and O–H groups in total. The predicted octanol–water partition coefficient (Wildman–Crippen LogP) is 2.57. The molecule has 0 aromatic heterocycles. The molecule has 1 saturated carbocycles. The van der Waals surface area contributed by atoms with Gasteiger partial charge in [0.2, 0.25) is 0 Å². The molecular weight excluding hydrogens is 224 g/mol. The van der Waals surface area contributed by atoms with Crippen molar-refractivity contribution in [3.63, 3.8) is 0 Å². The Balaban J connectivity index is 2.42. The van der Waals surface area contributed by atoms with E-state index >= 15 is 0 Å². The van der Waals surface area contributed by atoms with Gasteiger partial charge in [-0.3, -0.25) is 0 Å². The molecule has 0 saturated heterocycles. The van der Waals surface area contributed by atoms with Crippen LogP contribution in [0.15, 0.2) is 18.2 Å². The Bertz CT molecular complexity index is 425. The van der Waals surface area contributed by atoms with Crippen molar-refractivity contribution in [2.24, 2.45) is 5.73 Å². The first-order valence-electron chi connectivity index (χ1n) is 6.66. The highest BCUT2D eigenvalue weighted by Gasteiger charge is 2.46. The summed E-state index contributed by atoms with van der Waals surface area (Å²) in [7, 11) is 3.69. The van der Waals surface area contributed by atoms with E-state index in [1.165, 1.54) is 11.1 Å². The zero-order valence-electron chi connectivity index (χ0n) is 11.8. The summed E-state index contributed by atoms with van der Waals surface area (Å²) in [5.41, 5.74) is 8.78. The van der Waals surface area contributed by atoms with E-state index in [0.717, 1.165) is 18.6 Å². The van der Waals surface area contributed by atoms with Gasteiger partial charge in [0.15, 0.2) is 0 Å². The molecule has 1 unspecified atom stereocenters. The molecular formula is C15H24N2O. The third-order valence-electron chi connectivity index (χ3n) is 3.92. The van der Waals surface area contributed by atoms with Gasteiger partial charge in [-0.05, 0) is 37.4 Å². The summed E-state index contributed by atoms with van der Waals surface area (Å²) in [5, 5.41) is 3.36. The fraction of sp³-hybridized carbons (Fsp3) is 0.600. The molecule has 1 aliphatic rings. The van der Waals surface area contributed by atoms with Crippen molar-refractivity contribution >= 4 is 0 Å². The van der Waals surface area contributed by atoms with E-state index in [9.17, 15) is 0 Å². The Morgan fingerprint density at radius 1 is 1.33 bits per heavy atom. The van der Waals surface area contributed by atoms with Crippen LogP contribution in [0.25, 0.3) is 0 Å². The van der Waals surface area contributed by atoms with Gasteiger partial charge < -0.3 is 15.8 Å². The minimum absolute atomic E-state index is 0.0996. The van der Waals surface area contributed by atoms with Crippen molar-refractivity contribution in [3.8, 4) is 5.75 Å². The van der Waals surface area contributed by atoms with Gasteiger partial charge in [0.25, 0.3) is 0 Å². The molecule has 18 heavy (non-hydrogen) atoms. The minimum Gasteiger partial charge on any atom is -0.496 e. The van der Waals surface area contributed by atoms with E-state index < -0.39 is 0 Å². The number of hydrogen-bond acceptors (Lipinski definition) is 3. The van der Waals surface area contributed by atoms with Crippen molar-refractivity contribution in [2.45, 2.75) is 44.2 Å². The Hall–Kier alpha value is -1.06. The lowest BCUT2D eigenvalue weighted by Crippen LogP contribution is -2.38. The van der Waals surface area contributed by atoms with Crippen LogP contribution in [0.4, 0.5) is 0 Å². The first-order valence-corrected chi connectivity index (χ1v) is 6.66. The van der Waals surface area contributed by atoms with Crippen molar-refractivity contribution in [1.82, 2.24) is 5.32 Å². The van der Waals surface area contributed by atoms with Gasteiger partial charge in [-0.2, -0.15) is 0 Å². The number of ether oxygens (including phenoxy) is 1. The first-order chi connectivity index (χ1) is 8.51. The van der Waals surface area contributed by atoms with Gasteiger partial charge in [0, 0.05) is 11.1 Å². The third kappa shape index (κ3) is 2.38. The summed E-state index contributed by atoms with van der Waals surface area (Å²) >= 11 is 0. The smallest absolute Gasteiger partial charge is 0.123 e. The highest BCUT2D eigenvalue weighted by Crippen LogP contribution is 2.46. The maximum Gasteiger partial charge on any atom is 0.123 e. The number of likely N-dealkylation sites (N-methyl/N-ethyl adjacent to an activating group) is 1. The minimum atomic E-state index is -0.0996. The van der Waals surface area contributed by atoms with Gasteiger partial charge in [-0.1, -0.05) is 26.0 Å². The summed E-state index contributed by atoms with van der Waals surface area (Å²) < 4.78 is 5.49. The van der Waals surface area contributed by atoms with E-state index in [2.05, 4.69) is 37.4 Å². The molecule has 1 atom stereocenters. The van der Waals surface area contributed by atoms with Crippen LogP contribution in [0, 0.1) is 0 Å². The van der Waals surface area contributed by atoms with Crippen molar-refractivity contribution in [2.75, 3.05) is 14.2 Å². The third-order valence-corrected chi connectivity index (χ3v) is 3.92. The van der Waals surface area contributed by atoms with Gasteiger partial charge in [0.1, 0.15) is 5.75 Å². The molecule has 2 rings (SSSR count). The SMILES string of the molecule is CNC(c1cc(C(C)C)ccc1OC)C1(N)CC1. The van der Waals surface area contributed by atoms with Crippen LogP contribution in [0.5, 0.6) is 5.75 Å². The number of methoxy groups -OCH3 is 1. The second-order valence-electron chi connectivity index (χ2n) is 5.61. The van der Waals surface area contributed by atoms with Crippen LogP contribution in [0.2, 0.25) is 0 Å². The maximum absolute atomic E-state index is 6.37. The van der Waals surface area contributed by atoms with Crippen LogP contribution < -0.4 is 15.8 Å². The number of nitrogens with two attached hydrogens (primary N) is 1. The summed E-state index contributed by atoms with van der Waals surface area (Å²) in [4.78, 5) is 0. The van der Waals surface area contributed by atoms with E-state index in [-0.39, 0.29) is 11.6 Å². The Kier molecular flexibility index (Phi) is 3.64. The van der Waals surface area contributed by atoms with E-state index in [1.54, 1.807) is 7.11 Å². The van der Waals surface area contributed by atoms with Gasteiger partial charge in [-0.15, -0.1) is 0 Å². The topological polar surface area (TPSA) is 47.3 Å². The highest BCUT2D eigenvalue weighted by molar-refractivity contribution is 5.43. The lowest BCUT2D eigenvalue weighted by Gasteiger charge is -2.26. The van der Waals surface area contributed by atoms with Crippen LogP contribution in [0.1, 0.15) is 49.8 Å². The molecule has 0 radical (unpaired) electrons. The second kappa shape index (κ2) is 4.90. The van der Waals surface area contributed by atoms with Crippen molar-refractivity contribution < 1.29 is 4.74 Å². The van der Waals surface area contributed by atoms with Crippen LogP contribution in [-0.2, 0) is 0 Å². The van der Waals surface area contributed by atoms with Crippen molar-refractivity contribution in [3.05, 3.63) is 29.3 Å². The lowest BCUT2D eigenvalue weighted by atomic mass is 9.92. The molecule has 1 aliphatic carbocycles. The van der Waals surface area contributed by atoms with Crippen LogP contribution in [0.3, 0.4) is 0 Å². The first kappa shape index (κ1) is 13.4. The molecule has 3 nitrogen and oxygen atoms in total. The molecule has 0 heterocycles. The number of hydrogen-bond donors (Lipinski definition) is 2. The zero-order chi connectivity index (χ0) is 13.3. The fourth-order valence-electron chi connectivity index (χ4n) is 2.52. The normalized spacial score (nSPS) is 18.8. The monoisotopic (exact) mass is 248 g/mol. The summed E-state index contributed by atoms with van der Waals surface area (Å²) in [5.74, 6) is 1.44. The number of rotatable bonds is 5. The molecule has 0 amide bonds. The molecule has 0 bridgehead atoms. The largest absolute Gasteiger partial charge is 0.496 e. The fourth-order valence-corrected chi connectivity index (χ4v) is 2.52. The Morgan fingerprint density at radius 2 is 2.00 bits per heavy atom. The maximum atomic E-state index is 6.37. The Labute approximate surface area is 110 Å². The molecule has 1 fully saturated rings. The molecule has 3 heteroatoms. The molecule has 1 aromatic carbocycles. The van der Waals surface area contributed by atoms with Crippen molar-refractivity contribution in [1.29, 1.82) is 0 Å². The zero-order valence-corrected chi connectivity index (χ0v) is 11.8. The molecule has 0 spiro atoms. The van der Waals surface area contributed by atoms with Crippen LogP contribution in [-0.4, -0.2) is 19.7 Å². The predicted molar refractivity (Wildman–Crippen MR) is 75.0 cm³/mol. The van der Waals surface area contributed by atoms with E-state index in [1.807, 2.05) is 7.05 Å². The van der Waals surface area contributed by atoms with Gasteiger partial charge >= 0.3 is 0 Å². The van der Waals surface area contributed by atoms with Gasteiger partial charge in [0.05, 0.1) is 13.2 Å². The summed E-state index contributed by atoms with van der Waals surface area (Å²) in [6, 6.07) is 6.60. The molecule has 0 aliphatic heterocycles.